The molecule has 0 saturated heterocycles. The van der Waals surface area contributed by atoms with Crippen LogP contribution >= 0.6 is 0 Å². The van der Waals surface area contributed by atoms with Crippen LogP contribution in [0.5, 0.6) is 5.75 Å². The lowest BCUT2D eigenvalue weighted by Crippen LogP contribution is -2.22. The number of ether oxygens (including phenoxy) is 1. The highest BCUT2D eigenvalue weighted by Crippen LogP contribution is 2.34. The average molecular weight is 268 g/mol. The van der Waals surface area contributed by atoms with Crippen molar-refractivity contribution in [2.75, 3.05) is 11.9 Å². The molecular weight excluding hydrogens is 248 g/mol. The Morgan fingerprint density at radius 2 is 2.21 bits per heavy atom. The van der Waals surface area contributed by atoms with Gasteiger partial charge >= 0.3 is 5.82 Å². The van der Waals surface area contributed by atoms with Crippen LogP contribution in [-0.2, 0) is 0 Å². The second-order valence-corrected chi connectivity index (χ2v) is 4.83. The molecule has 2 N–H and O–H groups in total. The summed E-state index contributed by atoms with van der Waals surface area (Å²) in [6.07, 6.45) is 6.59. The molecule has 0 aliphatic heterocycles. The third-order valence-electron chi connectivity index (χ3n) is 3.28. The molecule has 1 aliphatic rings. The lowest BCUT2D eigenvalue weighted by molar-refractivity contribution is -0.390. The molecule has 1 aromatic heterocycles. The lowest BCUT2D eigenvalue weighted by Gasteiger charge is -2.22. The van der Waals surface area contributed by atoms with Gasteiger partial charge in [0.2, 0.25) is 5.82 Å². The van der Waals surface area contributed by atoms with E-state index in [4.69, 9.17) is 4.74 Å². The zero-order chi connectivity index (χ0) is 13.7. The van der Waals surface area contributed by atoms with Gasteiger partial charge in [0.1, 0.15) is 0 Å². The van der Waals surface area contributed by atoms with Crippen LogP contribution in [0.3, 0.4) is 0 Å². The predicted molar refractivity (Wildman–Crippen MR) is 71.5 cm³/mol. The van der Waals surface area contributed by atoms with Gasteiger partial charge in [-0.15, -0.1) is 5.10 Å². The molecule has 0 spiro atoms. The molecule has 0 aromatic carbocycles. The number of nitrogens with zero attached hydrogens (tertiary/aromatic N) is 2. The van der Waals surface area contributed by atoms with Crippen LogP contribution < -0.4 is 10.1 Å². The topological polar surface area (TPSA) is 93.1 Å². The summed E-state index contributed by atoms with van der Waals surface area (Å²) >= 11 is 0. The van der Waals surface area contributed by atoms with E-state index in [1.165, 1.54) is 19.3 Å². The molecule has 0 atom stereocenters. The summed E-state index contributed by atoms with van der Waals surface area (Å²) in [7, 11) is 0. The minimum Gasteiger partial charge on any atom is -0.483 e. The Morgan fingerprint density at radius 1 is 1.47 bits per heavy atom. The maximum atomic E-state index is 10.9. The number of nitrogens with one attached hydrogen (secondary N) is 2. The summed E-state index contributed by atoms with van der Waals surface area (Å²) in [6, 6.07) is 0.334. The Bertz CT molecular complexity index is 427. The molecule has 1 fully saturated rings. The Morgan fingerprint density at radius 3 is 2.84 bits per heavy atom. The van der Waals surface area contributed by atoms with Crippen molar-refractivity contribution in [3.05, 3.63) is 10.1 Å². The summed E-state index contributed by atoms with van der Waals surface area (Å²) in [4.78, 5) is 10.4. The van der Waals surface area contributed by atoms with Gasteiger partial charge in [-0.2, -0.15) is 0 Å². The highest BCUT2D eigenvalue weighted by molar-refractivity contribution is 5.59. The van der Waals surface area contributed by atoms with E-state index in [9.17, 15) is 10.1 Å². The monoisotopic (exact) mass is 268 g/mol. The van der Waals surface area contributed by atoms with Crippen molar-refractivity contribution in [2.45, 2.75) is 51.5 Å². The quantitative estimate of drug-likeness (QED) is 0.611. The maximum absolute atomic E-state index is 10.9. The second-order valence-electron chi connectivity index (χ2n) is 4.83. The molecule has 7 nitrogen and oxygen atoms in total. The molecule has 0 unspecified atom stereocenters. The normalized spacial score (nSPS) is 16.3. The molecule has 106 valence electrons. The van der Waals surface area contributed by atoms with E-state index in [0.29, 0.717) is 18.5 Å². The summed E-state index contributed by atoms with van der Waals surface area (Å²) in [5.41, 5.74) is 0. The fourth-order valence-electron chi connectivity index (χ4n) is 2.33. The summed E-state index contributed by atoms with van der Waals surface area (Å²) in [5, 5.41) is 20.6. The largest absolute Gasteiger partial charge is 0.483 e. The number of aromatic nitrogens is 2. The van der Waals surface area contributed by atoms with E-state index in [-0.39, 0.29) is 11.6 Å². The first kappa shape index (κ1) is 13.6. The molecule has 1 aromatic rings. The van der Waals surface area contributed by atoms with Crippen LogP contribution in [0.4, 0.5) is 11.6 Å². The third kappa shape index (κ3) is 3.36. The van der Waals surface area contributed by atoms with Gasteiger partial charge in [-0.3, -0.25) is 0 Å². The fraction of sp³-hybridized carbons (Fsp3) is 0.750. The van der Waals surface area contributed by atoms with Crippen LogP contribution in [-0.4, -0.2) is 27.8 Å². The fourth-order valence-corrected chi connectivity index (χ4v) is 2.33. The molecule has 1 saturated carbocycles. The number of anilines is 1. The van der Waals surface area contributed by atoms with Crippen LogP contribution in [0.15, 0.2) is 0 Å². The highest BCUT2D eigenvalue weighted by Gasteiger charge is 2.26. The zero-order valence-corrected chi connectivity index (χ0v) is 11.1. The van der Waals surface area contributed by atoms with Gasteiger partial charge in [0.25, 0.3) is 5.75 Å². The van der Waals surface area contributed by atoms with Crippen LogP contribution in [0, 0.1) is 10.1 Å². The predicted octanol–water partition coefficient (Wildman–Crippen LogP) is 2.85. The summed E-state index contributed by atoms with van der Waals surface area (Å²) < 4.78 is 5.46. The first-order valence-electron chi connectivity index (χ1n) is 6.84. The highest BCUT2D eigenvalue weighted by atomic mass is 16.6. The molecule has 0 radical (unpaired) electrons. The average Bonchev–Trinajstić information content (AvgIpc) is 2.80. The number of nitro groups is 1. The standard InChI is InChI=1S/C12H20N4O3/c1-2-8-19-10-11(14-15-12(10)16(17)18)13-9-6-4-3-5-7-9/h9H,2-8H2,1H3,(H2,13,14,15). The van der Waals surface area contributed by atoms with Gasteiger partial charge in [0.15, 0.2) is 0 Å². The Hall–Kier alpha value is -1.79. The molecule has 1 aliphatic carbocycles. The SMILES string of the molecule is CCCOc1c(NC2CCCCC2)n[nH]c1[N+](=O)[O-]. The van der Waals surface area contributed by atoms with Crippen molar-refractivity contribution in [1.29, 1.82) is 0 Å². The van der Waals surface area contributed by atoms with Gasteiger partial charge in [0.05, 0.1) is 6.61 Å². The van der Waals surface area contributed by atoms with E-state index in [1.807, 2.05) is 6.92 Å². The number of aromatic amines is 1. The van der Waals surface area contributed by atoms with E-state index >= 15 is 0 Å². The Labute approximate surface area is 111 Å². The Kier molecular flexibility index (Phi) is 4.59. The van der Waals surface area contributed by atoms with E-state index in [2.05, 4.69) is 15.5 Å². The second kappa shape index (κ2) is 6.40. The number of rotatable bonds is 6. The van der Waals surface area contributed by atoms with E-state index < -0.39 is 4.92 Å². The minimum atomic E-state index is -0.496. The molecule has 7 heteroatoms. The molecule has 19 heavy (non-hydrogen) atoms. The van der Waals surface area contributed by atoms with Gasteiger partial charge in [-0.25, -0.2) is 0 Å². The smallest absolute Gasteiger partial charge is 0.387 e. The van der Waals surface area contributed by atoms with Crippen LogP contribution in [0.2, 0.25) is 0 Å². The number of H-pyrrole nitrogens is 1. The van der Waals surface area contributed by atoms with Crippen molar-refractivity contribution in [3.63, 3.8) is 0 Å². The van der Waals surface area contributed by atoms with E-state index in [0.717, 1.165) is 19.3 Å². The van der Waals surface area contributed by atoms with Crippen molar-refractivity contribution >= 4 is 11.6 Å². The van der Waals surface area contributed by atoms with Gasteiger partial charge < -0.3 is 20.2 Å². The minimum absolute atomic E-state index is 0.174. The Balaban J connectivity index is 2.11. The van der Waals surface area contributed by atoms with E-state index in [1.54, 1.807) is 0 Å². The molecule has 0 amide bonds. The molecule has 2 rings (SSSR count). The molecular formula is C12H20N4O3. The van der Waals surface area contributed by atoms with Crippen LogP contribution in [0.1, 0.15) is 45.4 Å². The lowest BCUT2D eigenvalue weighted by atomic mass is 9.95. The van der Waals surface area contributed by atoms with Crippen molar-refractivity contribution in [1.82, 2.24) is 10.2 Å². The summed E-state index contributed by atoms with van der Waals surface area (Å²) in [6.45, 7) is 2.40. The molecule has 1 heterocycles. The summed E-state index contributed by atoms with van der Waals surface area (Å²) in [5.74, 6) is 0.524. The van der Waals surface area contributed by atoms with Gasteiger partial charge in [-0.05, 0) is 24.2 Å². The van der Waals surface area contributed by atoms with Gasteiger partial charge in [0, 0.05) is 6.04 Å². The van der Waals surface area contributed by atoms with Crippen molar-refractivity contribution in [3.8, 4) is 5.75 Å². The molecule has 0 bridgehead atoms. The zero-order valence-electron chi connectivity index (χ0n) is 11.1. The maximum Gasteiger partial charge on any atom is 0.387 e. The van der Waals surface area contributed by atoms with Crippen LogP contribution in [0.25, 0.3) is 0 Å². The number of hydrogen-bond acceptors (Lipinski definition) is 5. The van der Waals surface area contributed by atoms with Gasteiger partial charge in [-0.1, -0.05) is 31.3 Å². The van der Waals surface area contributed by atoms with Crippen molar-refractivity contribution in [2.24, 2.45) is 0 Å². The third-order valence-corrected chi connectivity index (χ3v) is 3.28. The first-order valence-corrected chi connectivity index (χ1v) is 6.84. The number of hydrogen-bond donors (Lipinski definition) is 2. The first-order chi connectivity index (χ1) is 9.22. The van der Waals surface area contributed by atoms with Crippen molar-refractivity contribution < 1.29 is 9.66 Å².